The zero-order valence-electron chi connectivity index (χ0n) is 7.88. The van der Waals surface area contributed by atoms with E-state index in [2.05, 4.69) is 19.1 Å². The van der Waals surface area contributed by atoms with E-state index in [-0.39, 0.29) is 5.92 Å². The van der Waals surface area contributed by atoms with Crippen LogP contribution in [0.1, 0.15) is 45.4 Å². The van der Waals surface area contributed by atoms with Gasteiger partial charge in [0.2, 0.25) is 0 Å². The highest BCUT2D eigenvalue weighted by Crippen LogP contribution is 2.22. The maximum absolute atomic E-state index is 11.2. The summed E-state index contributed by atoms with van der Waals surface area (Å²) in [6, 6.07) is 0. The minimum atomic E-state index is 0.266. The molecule has 0 N–H and O–H groups in total. The normalized spacial score (nSPS) is 24.1. The molecular formula is C11H18O. The molecule has 12 heavy (non-hydrogen) atoms. The molecule has 1 atom stereocenters. The molecule has 0 amide bonds. The molecule has 0 bridgehead atoms. The topological polar surface area (TPSA) is 17.1 Å². The molecule has 0 aliphatic heterocycles. The second kappa shape index (κ2) is 5.13. The van der Waals surface area contributed by atoms with Crippen molar-refractivity contribution >= 4 is 5.78 Å². The smallest absolute Gasteiger partial charge is 0.139 e. The maximum Gasteiger partial charge on any atom is 0.139 e. The Hall–Kier alpha value is -0.590. The number of rotatable bonds is 4. The van der Waals surface area contributed by atoms with Crippen LogP contribution in [0.25, 0.3) is 0 Å². The van der Waals surface area contributed by atoms with E-state index in [1.165, 1.54) is 12.8 Å². The average molecular weight is 166 g/mol. The predicted molar refractivity (Wildman–Crippen MR) is 51.0 cm³/mol. The fourth-order valence-corrected chi connectivity index (χ4v) is 1.63. The summed E-state index contributed by atoms with van der Waals surface area (Å²) >= 11 is 0. The molecular weight excluding hydrogens is 148 g/mol. The number of carbonyl (C=O) groups excluding carboxylic acids is 1. The highest BCUT2D eigenvalue weighted by atomic mass is 16.1. The van der Waals surface area contributed by atoms with E-state index in [0.717, 1.165) is 25.7 Å². The Labute approximate surface area is 74.9 Å². The van der Waals surface area contributed by atoms with Gasteiger partial charge in [0.25, 0.3) is 0 Å². The SMILES string of the molecule is CCCC/C=C/[C@H]1CCCC1=O. The summed E-state index contributed by atoms with van der Waals surface area (Å²) in [6.45, 7) is 2.19. The lowest BCUT2D eigenvalue weighted by Gasteiger charge is -1.98. The second-order valence-electron chi connectivity index (χ2n) is 3.54. The number of unbranched alkanes of at least 4 members (excludes halogenated alkanes) is 2. The lowest BCUT2D eigenvalue weighted by atomic mass is 10.1. The van der Waals surface area contributed by atoms with Crippen molar-refractivity contribution in [3.63, 3.8) is 0 Å². The Kier molecular flexibility index (Phi) is 4.06. The number of ketones is 1. The van der Waals surface area contributed by atoms with E-state index in [1.807, 2.05) is 0 Å². The molecule has 1 nitrogen and oxygen atoms in total. The fraction of sp³-hybridized carbons (Fsp3) is 0.727. The summed E-state index contributed by atoms with van der Waals surface area (Å²) in [7, 11) is 0. The molecule has 1 fully saturated rings. The van der Waals surface area contributed by atoms with Gasteiger partial charge in [0.15, 0.2) is 0 Å². The molecule has 0 spiro atoms. The molecule has 0 aromatic rings. The highest BCUT2D eigenvalue weighted by Gasteiger charge is 2.20. The van der Waals surface area contributed by atoms with Gasteiger partial charge in [0, 0.05) is 12.3 Å². The Bertz CT molecular complexity index is 170. The minimum Gasteiger partial charge on any atom is -0.299 e. The number of allylic oxidation sites excluding steroid dienone is 2. The molecule has 1 aliphatic carbocycles. The van der Waals surface area contributed by atoms with Gasteiger partial charge in [0.05, 0.1) is 0 Å². The van der Waals surface area contributed by atoms with Crippen molar-refractivity contribution in [3.05, 3.63) is 12.2 Å². The van der Waals surface area contributed by atoms with Gasteiger partial charge in [-0.05, 0) is 19.3 Å². The number of hydrogen-bond donors (Lipinski definition) is 0. The van der Waals surface area contributed by atoms with Gasteiger partial charge in [-0.1, -0.05) is 31.9 Å². The summed E-state index contributed by atoms with van der Waals surface area (Å²) in [5.74, 6) is 0.713. The Balaban J connectivity index is 2.20. The first-order valence-electron chi connectivity index (χ1n) is 5.04. The third kappa shape index (κ3) is 2.80. The van der Waals surface area contributed by atoms with Gasteiger partial charge in [-0.3, -0.25) is 4.79 Å². The minimum absolute atomic E-state index is 0.266. The van der Waals surface area contributed by atoms with Crippen LogP contribution in [-0.2, 0) is 4.79 Å². The van der Waals surface area contributed by atoms with Gasteiger partial charge in [-0.25, -0.2) is 0 Å². The van der Waals surface area contributed by atoms with Crippen molar-refractivity contribution in [2.75, 3.05) is 0 Å². The zero-order chi connectivity index (χ0) is 8.81. The van der Waals surface area contributed by atoms with Gasteiger partial charge < -0.3 is 0 Å². The first-order valence-corrected chi connectivity index (χ1v) is 5.04. The summed E-state index contributed by atoms with van der Waals surface area (Å²) in [5.41, 5.74) is 0. The lowest BCUT2D eigenvalue weighted by molar-refractivity contribution is -0.119. The van der Waals surface area contributed by atoms with Crippen LogP contribution in [0.3, 0.4) is 0 Å². The van der Waals surface area contributed by atoms with Crippen LogP contribution in [0.2, 0.25) is 0 Å². The van der Waals surface area contributed by atoms with Crippen molar-refractivity contribution in [2.45, 2.75) is 45.4 Å². The van der Waals surface area contributed by atoms with Crippen LogP contribution in [0.4, 0.5) is 0 Å². The van der Waals surface area contributed by atoms with E-state index >= 15 is 0 Å². The Morgan fingerprint density at radius 2 is 2.42 bits per heavy atom. The molecule has 0 heterocycles. The van der Waals surface area contributed by atoms with E-state index < -0.39 is 0 Å². The van der Waals surface area contributed by atoms with Gasteiger partial charge in [0.1, 0.15) is 5.78 Å². The van der Waals surface area contributed by atoms with Crippen LogP contribution in [0.5, 0.6) is 0 Å². The predicted octanol–water partition coefficient (Wildman–Crippen LogP) is 3.10. The number of hydrogen-bond acceptors (Lipinski definition) is 1. The Morgan fingerprint density at radius 3 is 3.00 bits per heavy atom. The lowest BCUT2D eigenvalue weighted by Crippen LogP contribution is -2.01. The molecule has 1 heteroatoms. The molecule has 1 rings (SSSR count). The molecule has 68 valence electrons. The van der Waals surface area contributed by atoms with E-state index in [4.69, 9.17) is 0 Å². The van der Waals surface area contributed by atoms with E-state index in [0.29, 0.717) is 5.78 Å². The largest absolute Gasteiger partial charge is 0.299 e. The third-order valence-corrected chi connectivity index (χ3v) is 2.44. The van der Waals surface area contributed by atoms with Gasteiger partial charge in [-0.2, -0.15) is 0 Å². The quantitative estimate of drug-likeness (QED) is 0.463. The van der Waals surface area contributed by atoms with E-state index in [1.54, 1.807) is 0 Å². The zero-order valence-corrected chi connectivity index (χ0v) is 7.88. The van der Waals surface area contributed by atoms with Crippen LogP contribution >= 0.6 is 0 Å². The van der Waals surface area contributed by atoms with Crippen molar-refractivity contribution in [3.8, 4) is 0 Å². The van der Waals surface area contributed by atoms with Crippen molar-refractivity contribution in [2.24, 2.45) is 5.92 Å². The monoisotopic (exact) mass is 166 g/mol. The molecule has 0 saturated heterocycles. The Morgan fingerprint density at radius 1 is 1.58 bits per heavy atom. The molecule has 0 unspecified atom stereocenters. The van der Waals surface area contributed by atoms with Crippen LogP contribution in [0, 0.1) is 5.92 Å². The summed E-state index contributed by atoms with van der Waals surface area (Å²) in [4.78, 5) is 11.2. The van der Waals surface area contributed by atoms with Crippen molar-refractivity contribution in [1.29, 1.82) is 0 Å². The molecule has 1 aliphatic rings. The van der Waals surface area contributed by atoms with Crippen LogP contribution in [-0.4, -0.2) is 5.78 Å². The van der Waals surface area contributed by atoms with Crippen LogP contribution < -0.4 is 0 Å². The number of Topliss-reactive ketones (excluding diaryl/α,β-unsaturated/α-hetero) is 1. The molecule has 0 aromatic heterocycles. The van der Waals surface area contributed by atoms with Gasteiger partial charge in [-0.15, -0.1) is 0 Å². The average Bonchev–Trinajstić information content (AvgIpc) is 2.46. The van der Waals surface area contributed by atoms with E-state index in [9.17, 15) is 4.79 Å². The summed E-state index contributed by atoms with van der Waals surface area (Å²) in [5, 5.41) is 0. The first-order chi connectivity index (χ1) is 5.84. The van der Waals surface area contributed by atoms with Crippen molar-refractivity contribution in [1.82, 2.24) is 0 Å². The highest BCUT2D eigenvalue weighted by molar-refractivity contribution is 5.84. The summed E-state index contributed by atoms with van der Waals surface area (Å²) < 4.78 is 0. The molecule has 1 saturated carbocycles. The molecule has 0 aromatic carbocycles. The number of carbonyl (C=O) groups is 1. The second-order valence-corrected chi connectivity index (χ2v) is 3.54. The maximum atomic E-state index is 11.2. The van der Waals surface area contributed by atoms with Crippen LogP contribution in [0.15, 0.2) is 12.2 Å². The standard InChI is InChI=1S/C11H18O/c1-2-3-4-5-7-10-8-6-9-11(10)12/h5,7,10H,2-4,6,8-9H2,1H3/b7-5+/t10-/m0/s1. The molecule has 0 radical (unpaired) electrons. The summed E-state index contributed by atoms with van der Waals surface area (Å²) in [6.07, 6.45) is 10.9. The van der Waals surface area contributed by atoms with Gasteiger partial charge >= 0.3 is 0 Å². The third-order valence-electron chi connectivity index (χ3n) is 2.44. The fourth-order valence-electron chi connectivity index (χ4n) is 1.63. The first kappa shape index (κ1) is 9.50. The van der Waals surface area contributed by atoms with Crippen molar-refractivity contribution < 1.29 is 4.79 Å².